The predicted molar refractivity (Wildman–Crippen MR) is 65.4 cm³/mol. The van der Waals surface area contributed by atoms with Gasteiger partial charge in [-0.2, -0.15) is 5.10 Å². The van der Waals surface area contributed by atoms with Gasteiger partial charge in [0.2, 0.25) is 0 Å². The number of hydrogen-bond acceptors (Lipinski definition) is 4. The van der Waals surface area contributed by atoms with Crippen LogP contribution < -0.4 is 5.32 Å². The fourth-order valence-corrected chi connectivity index (χ4v) is 1.75. The molecule has 0 spiro atoms. The van der Waals surface area contributed by atoms with Crippen LogP contribution >= 0.6 is 15.9 Å². The molecule has 0 amide bonds. The van der Waals surface area contributed by atoms with Crippen LogP contribution in [0, 0.1) is 0 Å². The first-order chi connectivity index (χ1) is 7.79. The summed E-state index contributed by atoms with van der Waals surface area (Å²) in [5, 5.41) is 7.56. The van der Waals surface area contributed by atoms with Crippen molar-refractivity contribution >= 4 is 15.9 Å². The molecule has 0 aliphatic carbocycles. The van der Waals surface area contributed by atoms with Crippen molar-refractivity contribution in [2.45, 2.75) is 13.1 Å². The molecule has 1 heterocycles. The summed E-state index contributed by atoms with van der Waals surface area (Å²) in [4.78, 5) is 0. The van der Waals surface area contributed by atoms with Crippen LogP contribution in [0.3, 0.4) is 0 Å². The zero-order valence-corrected chi connectivity index (χ0v) is 11.3. The minimum atomic E-state index is 0.666. The highest BCUT2D eigenvalue weighted by atomic mass is 79.9. The Labute approximate surface area is 104 Å². The monoisotopic (exact) mass is 291 g/mol. The Morgan fingerprint density at radius 3 is 2.81 bits per heavy atom. The lowest BCUT2D eigenvalue weighted by Crippen LogP contribution is -2.21. The van der Waals surface area contributed by atoms with Crippen LogP contribution in [0.2, 0.25) is 0 Å². The van der Waals surface area contributed by atoms with Crippen molar-refractivity contribution < 1.29 is 9.47 Å². The number of hydrogen-bond donors (Lipinski definition) is 1. The van der Waals surface area contributed by atoms with Crippen molar-refractivity contribution in [2.75, 3.05) is 34.0 Å². The van der Waals surface area contributed by atoms with Gasteiger partial charge in [-0.3, -0.25) is 4.68 Å². The maximum absolute atomic E-state index is 5.04. The quantitative estimate of drug-likeness (QED) is 0.727. The van der Waals surface area contributed by atoms with Crippen molar-refractivity contribution in [3.05, 3.63) is 16.4 Å². The summed E-state index contributed by atoms with van der Waals surface area (Å²) in [6.45, 7) is 3.75. The van der Waals surface area contributed by atoms with Gasteiger partial charge in [0.15, 0.2) is 0 Å². The molecule has 0 saturated carbocycles. The number of aromatic nitrogens is 2. The highest BCUT2D eigenvalue weighted by Gasteiger charge is 2.07. The average Bonchev–Trinajstić information content (AvgIpc) is 2.63. The molecular weight excluding hydrogens is 274 g/mol. The van der Waals surface area contributed by atoms with Crippen molar-refractivity contribution in [1.82, 2.24) is 15.1 Å². The van der Waals surface area contributed by atoms with Crippen LogP contribution in [0.1, 0.15) is 5.69 Å². The molecule has 1 aromatic heterocycles. The highest BCUT2D eigenvalue weighted by molar-refractivity contribution is 9.10. The second-order valence-electron chi connectivity index (χ2n) is 3.32. The van der Waals surface area contributed by atoms with Gasteiger partial charge in [-0.15, -0.1) is 0 Å². The molecule has 0 unspecified atom stereocenters. The van der Waals surface area contributed by atoms with Gasteiger partial charge in [0.1, 0.15) is 0 Å². The molecule has 0 aromatic carbocycles. The number of nitrogens with zero attached hydrogens (tertiary/aromatic N) is 2. The standard InChI is InChI=1S/C10H18BrN3O2/c1-15-5-3-12-8-10-9(11)7-13-14(10)4-6-16-2/h7,12H,3-6,8H2,1-2H3. The van der Waals surface area contributed by atoms with Crippen LogP contribution in [0.5, 0.6) is 0 Å². The summed E-state index contributed by atoms with van der Waals surface area (Å²) in [6, 6.07) is 0. The Morgan fingerprint density at radius 2 is 2.12 bits per heavy atom. The normalized spacial score (nSPS) is 10.9. The Kier molecular flexibility index (Phi) is 6.63. The van der Waals surface area contributed by atoms with Crippen LogP contribution in [0.15, 0.2) is 10.7 Å². The van der Waals surface area contributed by atoms with Crippen LogP contribution in [0.4, 0.5) is 0 Å². The molecule has 92 valence electrons. The minimum absolute atomic E-state index is 0.666. The summed E-state index contributed by atoms with van der Waals surface area (Å²) >= 11 is 3.48. The molecule has 0 aliphatic rings. The summed E-state index contributed by atoms with van der Waals surface area (Å²) < 4.78 is 13.0. The van der Waals surface area contributed by atoms with E-state index in [2.05, 4.69) is 26.3 Å². The van der Waals surface area contributed by atoms with Gasteiger partial charge < -0.3 is 14.8 Å². The van der Waals surface area contributed by atoms with Crippen molar-refractivity contribution in [3.63, 3.8) is 0 Å². The molecule has 1 rings (SSSR count). The maximum atomic E-state index is 5.04. The van der Waals surface area contributed by atoms with Gasteiger partial charge >= 0.3 is 0 Å². The van der Waals surface area contributed by atoms with E-state index in [0.717, 1.165) is 29.8 Å². The Balaban J connectivity index is 2.45. The summed E-state index contributed by atoms with van der Waals surface area (Å²) in [7, 11) is 3.38. The Morgan fingerprint density at radius 1 is 1.38 bits per heavy atom. The third-order valence-corrected chi connectivity index (χ3v) is 2.84. The first-order valence-electron chi connectivity index (χ1n) is 5.18. The fraction of sp³-hybridized carbons (Fsp3) is 0.700. The van der Waals surface area contributed by atoms with E-state index in [1.165, 1.54) is 0 Å². The second-order valence-corrected chi connectivity index (χ2v) is 4.18. The maximum Gasteiger partial charge on any atom is 0.0665 e. The van der Waals surface area contributed by atoms with E-state index in [-0.39, 0.29) is 0 Å². The predicted octanol–water partition coefficient (Wildman–Crippen LogP) is 1.03. The number of rotatable bonds is 8. The van der Waals surface area contributed by atoms with Crippen LogP contribution in [-0.4, -0.2) is 43.8 Å². The smallest absolute Gasteiger partial charge is 0.0665 e. The number of methoxy groups -OCH3 is 2. The highest BCUT2D eigenvalue weighted by Crippen LogP contribution is 2.15. The van der Waals surface area contributed by atoms with E-state index in [9.17, 15) is 0 Å². The molecule has 1 aromatic rings. The Hall–Kier alpha value is -0.430. The molecule has 6 heteroatoms. The van der Waals surface area contributed by atoms with Crippen LogP contribution in [0.25, 0.3) is 0 Å². The second kappa shape index (κ2) is 7.78. The van der Waals surface area contributed by atoms with Gasteiger partial charge in [-0.05, 0) is 15.9 Å². The van der Waals surface area contributed by atoms with Gasteiger partial charge in [-0.25, -0.2) is 0 Å². The largest absolute Gasteiger partial charge is 0.383 e. The first kappa shape index (κ1) is 13.6. The first-order valence-corrected chi connectivity index (χ1v) is 5.97. The van der Waals surface area contributed by atoms with Crippen molar-refractivity contribution in [2.24, 2.45) is 0 Å². The summed E-state index contributed by atoms with van der Waals surface area (Å²) in [6.07, 6.45) is 1.81. The average molecular weight is 292 g/mol. The number of halogens is 1. The lowest BCUT2D eigenvalue weighted by molar-refractivity contribution is 0.181. The van der Waals surface area contributed by atoms with Gasteiger partial charge in [0, 0.05) is 27.3 Å². The van der Waals surface area contributed by atoms with Gasteiger partial charge in [0.05, 0.1) is 36.1 Å². The van der Waals surface area contributed by atoms with E-state index in [1.807, 2.05) is 10.9 Å². The molecule has 0 fully saturated rings. The fourth-order valence-electron chi connectivity index (χ4n) is 1.32. The molecule has 0 radical (unpaired) electrons. The third-order valence-electron chi connectivity index (χ3n) is 2.18. The molecule has 1 N–H and O–H groups in total. The van der Waals surface area contributed by atoms with Crippen molar-refractivity contribution in [3.8, 4) is 0 Å². The van der Waals surface area contributed by atoms with Crippen LogP contribution in [-0.2, 0) is 22.6 Å². The molecule has 0 aliphatic heterocycles. The molecule has 16 heavy (non-hydrogen) atoms. The summed E-state index contributed by atoms with van der Waals surface area (Å²) in [5.74, 6) is 0. The number of ether oxygens (including phenoxy) is 2. The van der Waals surface area contributed by atoms with E-state index in [0.29, 0.717) is 13.2 Å². The van der Waals surface area contributed by atoms with Crippen molar-refractivity contribution in [1.29, 1.82) is 0 Å². The summed E-state index contributed by atoms with van der Waals surface area (Å²) in [5.41, 5.74) is 1.13. The minimum Gasteiger partial charge on any atom is -0.383 e. The zero-order chi connectivity index (χ0) is 11.8. The van der Waals surface area contributed by atoms with Gasteiger partial charge in [-0.1, -0.05) is 0 Å². The van der Waals surface area contributed by atoms with E-state index in [4.69, 9.17) is 9.47 Å². The van der Waals surface area contributed by atoms with E-state index in [1.54, 1.807) is 14.2 Å². The van der Waals surface area contributed by atoms with Gasteiger partial charge in [0.25, 0.3) is 0 Å². The lowest BCUT2D eigenvalue weighted by atomic mass is 10.4. The third kappa shape index (κ3) is 4.21. The molecule has 0 atom stereocenters. The topological polar surface area (TPSA) is 48.3 Å². The zero-order valence-electron chi connectivity index (χ0n) is 9.70. The van der Waals surface area contributed by atoms with E-state index >= 15 is 0 Å². The van der Waals surface area contributed by atoms with E-state index < -0.39 is 0 Å². The molecule has 5 nitrogen and oxygen atoms in total. The Bertz CT molecular complexity index is 304. The molecule has 0 bridgehead atoms. The lowest BCUT2D eigenvalue weighted by Gasteiger charge is -2.08. The number of nitrogens with one attached hydrogen (secondary N) is 1. The SMILES string of the molecule is COCCNCc1c(Br)cnn1CCOC. The molecular formula is C10H18BrN3O2. The molecule has 0 saturated heterocycles.